The van der Waals surface area contributed by atoms with E-state index in [2.05, 4.69) is 70.8 Å². The van der Waals surface area contributed by atoms with Crippen LogP contribution in [-0.2, 0) is 87.2 Å². The molecule has 2 aromatic heterocycles. The van der Waals surface area contributed by atoms with Crippen LogP contribution in [0.3, 0.4) is 0 Å². The zero-order valence-corrected chi connectivity index (χ0v) is 63.5. The molecule has 5 unspecified atom stereocenters. The molecule has 0 aliphatic carbocycles. The standard InChI is InChI=1S/C72H82N9O21P3S2/c1-50-10-12-51(13-11-50)15-18-55-39-58(76-66(43-55)104(4,90)91)48-79-33-31-78(47-57-38-54(41-62(42-57)103(3,88)89)17-14-52-20-24-60(100-2)25-21-52)32-34-80(36-35-79)49-59-40-56(44-67(77-59)105(5,92)93)19-16-53-22-26-61(27-23-53)101-37-7-30-73-71(86)64(107(97,98)99)46-75-72(87)63(106(94,95)96)45-74-65(82)8-6-9-70(85)102-81-68(83)28-29-69(81)84/h10-13,20-27,38-44,63-64H,6-9,28-37,45-49H2,1-5H3,(H,73,86)(H,74,82)(H,75,87)(H,88,89)(H,90,91)(H,92,93)(H,94,95,96)(H,97,98,99). The molecule has 0 spiro atoms. The van der Waals surface area contributed by atoms with Crippen LogP contribution >= 0.6 is 22.1 Å². The maximum absolute atomic E-state index is 13.4. The molecule has 568 valence electrons. The predicted molar refractivity (Wildman–Crippen MR) is 396 cm³/mol. The van der Waals surface area contributed by atoms with Crippen molar-refractivity contribution in [1.29, 1.82) is 0 Å². The van der Waals surface area contributed by atoms with Gasteiger partial charge in [-0.05, 0) is 128 Å². The molecule has 2 aliphatic heterocycles. The molecule has 0 radical (unpaired) electrons. The van der Waals surface area contributed by atoms with E-state index < -0.39 is 114 Å². The topological polar surface area (TPSA) is 426 Å². The van der Waals surface area contributed by atoms with Crippen molar-refractivity contribution in [2.45, 2.75) is 75.6 Å². The molecule has 5 amide bonds. The Morgan fingerprint density at radius 3 is 1.42 bits per heavy atom. The van der Waals surface area contributed by atoms with Crippen LogP contribution in [0.25, 0.3) is 0 Å². The summed E-state index contributed by atoms with van der Waals surface area (Å²) >= 11 is 0. The van der Waals surface area contributed by atoms with Crippen LogP contribution in [0, 0.1) is 42.4 Å². The number of benzene rings is 4. The zero-order valence-electron chi connectivity index (χ0n) is 59.2. The Morgan fingerprint density at radius 2 is 0.963 bits per heavy atom. The number of aromatic nitrogens is 2. The Kier molecular flexibility index (Phi) is 29.2. The molecule has 0 bridgehead atoms. The second-order valence-electron chi connectivity index (χ2n) is 25.6. The summed E-state index contributed by atoms with van der Waals surface area (Å²) in [4.78, 5) is 127. The Morgan fingerprint density at radius 1 is 0.533 bits per heavy atom. The summed E-state index contributed by atoms with van der Waals surface area (Å²) < 4.78 is 119. The van der Waals surface area contributed by atoms with E-state index in [0.717, 1.165) is 16.7 Å². The number of ether oxygens (including phenoxy) is 2. The number of amides is 5. The van der Waals surface area contributed by atoms with Gasteiger partial charge in [0, 0.05) is 163 Å². The molecule has 2 saturated heterocycles. The number of nitrogens with one attached hydrogen (secondary N) is 3. The van der Waals surface area contributed by atoms with Crippen molar-refractivity contribution in [3.05, 3.63) is 171 Å². The Balaban J connectivity index is 0.911. The van der Waals surface area contributed by atoms with Gasteiger partial charge in [-0.15, -0.1) is 5.06 Å². The van der Waals surface area contributed by atoms with Crippen LogP contribution in [-0.4, -0.2) is 209 Å². The summed E-state index contributed by atoms with van der Waals surface area (Å²) in [6, 6.07) is 33.2. The van der Waals surface area contributed by atoms with Gasteiger partial charge in [0.1, 0.15) is 22.4 Å². The summed E-state index contributed by atoms with van der Waals surface area (Å²) in [7, 11) is -20.6. The highest BCUT2D eigenvalue weighted by molar-refractivity contribution is 7.87. The minimum Gasteiger partial charge on any atom is -0.497 e. The molecule has 8 N–H and O–H groups in total. The fourth-order valence-corrected chi connectivity index (χ4v) is 14.2. The monoisotopic (exact) mass is 1570 g/mol. The second-order valence-corrected chi connectivity index (χ2v) is 35.5. The SMILES string of the molecule is COc1ccc(C#Cc2cc(CN3CCN(Cc4cc(C#Cc5ccc(C)cc5)cc(P(C)(=O)O)n4)CCN(Cc4cc(C#Cc5ccc(OCCCNC(=O)C(CNC(=O)C(CNC(=O)CCCC(=O)ON6C(=O)CCC6=O)S(=O)(=O)O)S(=O)(=O)O)cc5)cc(P(C)(=O)O)n4)CC3)cc(P(C)(=O)O)c2)cc1. The molecule has 4 heterocycles. The smallest absolute Gasteiger partial charge is 0.333 e. The third kappa shape index (κ3) is 26.9. The van der Waals surface area contributed by atoms with Crippen LogP contribution in [0.4, 0.5) is 0 Å². The fourth-order valence-electron chi connectivity index (χ4n) is 10.8. The number of hydroxylamine groups is 2. The summed E-state index contributed by atoms with van der Waals surface area (Å²) in [6.07, 6.45) is -1.30. The van der Waals surface area contributed by atoms with E-state index in [1.807, 2.05) is 60.8 Å². The van der Waals surface area contributed by atoms with Crippen molar-refractivity contribution in [1.82, 2.24) is 45.7 Å². The molecule has 2 fully saturated rings. The fraction of sp³-hybridized carbons (Fsp3) is 0.361. The van der Waals surface area contributed by atoms with Gasteiger partial charge in [-0.3, -0.25) is 61.5 Å². The van der Waals surface area contributed by atoms with E-state index in [1.54, 1.807) is 61.7 Å². The molecular weight excluding hydrogens is 1480 g/mol. The molecule has 0 saturated carbocycles. The van der Waals surface area contributed by atoms with Crippen molar-refractivity contribution >= 4 is 94.0 Å². The maximum atomic E-state index is 13.4. The maximum Gasteiger partial charge on any atom is 0.333 e. The van der Waals surface area contributed by atoms with Gasteiger partial charge in [0.2, 0.25) is 39.8 Å². The van der Waals surface area contributed by atoms with E-state index in [1.165, 1.54) is 32.1 Å². The molecule has 2 aliphatic rings. The third-order valence-corrected chi connectivity index (χ3v) is 22.2. The van der Waals surface area contributed by atoms with Crippen molar-refractivity contribution in [2.75, 3.05) is 92.6 Å². The number of aryl methyl sites for hydroxylation is 1. The number of imide groups is 1. The first-order valence-corrected chi connectivity index (χ1v) is 42.8. The Bertz CT molecular complexity index is 4870. The average molecular weight is 1570 g/mol. The van der Waals surface area contributed by atoms with Gasteiger partial charge >= 0.3 is 5.97 Å². The van der Waals surface area contributed by atoms with Crippen LogP contribution in [0.5, 0.6) is 11.5 Å². The molecule has 4 aromatic carbocycles. The summed E-state index contributed by atoms with van der Waals surface area (Å²) in [5.74, 6) is 13.6. The van der Waals surface area contributed by atoms with Crippen molar-refractivity contribution < 1.29 is 97.4 Å². The summed E-state index contributed by atoms with van der Waals surface area (Å²) in [5, 5.41) is 2.01. The van der Waals surface area contributed by atoms with Crippen LogP contribution in [0.1, 0.15) is 94.4 Å². The van der Waals surface area contributed by atoms with Crippen LogP contribution in [0.15, 0.2) is 115 Å². The molecule has 35 heteroatoms. The minimum absolute atomic E-state index is 0.0107. The Hall–Kier alpha value is -9.25. The number of rotatable bonds is 28. The Labute approximate surface area is 620 Å². The van der Waals surface area contributed by atoms with E-state index in [9.17, 15) is 83.1 Å². The lowest BCUT2D eigenvalue weighted by molar-refractivity contribution is -0.197. The lowest BCUT2D eigenvalue weighted by Crippen LogP contribution is -2.52. The minimum atomic E-state index is -5.28. The quantitative estimate of drug-likeness (QED) is 0.0115. The van der Waals surface area contributed by atoms with Gasteiger partial charge in [0.15, 0.2) is 10.5 Å². The molecule has 107 heavy (non-hydrogen) atoms. The van der Waals surface area contributed by atoms with Gasteiger partial charge in [0.25, 0.3) is 32.1 Å². The molecular formula is C72H82N9O21P3S2. The molecule has 5 atom stereocenters. The first-order chi connectivity index (χ1) is 50.4. The zero-order chi connectivity index (χ0) is 77.9. The summed E-state index contributed by atoms with van der Waals surface area (Å²) in [6.45, 7) is 6.91. The summed E-state index contributed by atoms with van der Waals surface area (Å²) in [5.41, 5.74) is 6.15. The van der Waals surface area contributed by atoms with Gasteiger partial charge in [-0.2, -0.15) is 16.8 Å². The first-order valence-electron chi connectivity index (χ1n) is 33.5. The number of nitrogens with zero attached hydrogens (tertiary/aromatic N) is 6. The van der Waals surface area contributed by atoms with Crippen LogP contribution in [0.2, 0.25) is 0 Å². The molecule has 30 nitrogen and oxygen atoms in total. The van der Waals surface area contributed by atoms with Gasteiger partial charge in [0.05, 0.1) is 25.1 Å². The number of pyridine rings is 2. The van der Waals surface area contributed by atoms with E-state index >= 15 is 0 Å². The molecule has 6 aromatic rings. The lowest BCUT2D eigenvalue weighted by Gasteiger charge is -2.26. The normalized spacial score (nSPS) is 16.1. The number of hydrogen-bond donors (Lipinski definition) is 8. The highest BCUT2D eigenvalue weighted by atomic mass is 32.2. The van der Waals surface area contributed by atoms with Crippen molar-refractivity contribution in [3.8, 4) is 47.0 Å². The van der Waals surface area contributed by atoms with Gasteiger partial charge in [-0.1, -0.05) is 53.2 Å². The first kappa shape index (κ1) is 83.4. The van der Waals surface area contributed by atoms with E-state index in [0.29, 0.717) is 102 Å². The average Bonchev–Trinajstić information content (AvgIpc) is 1.67. The van der Waals surface area contributed by atoms with E-state index in [-0.39, 0.29) is 68.1 Å². The predicted octanol–water partition coefficient (Wildman–Crippen LogP) is 2.80. The number of carbonyl (C=O) groups is 6. The van der Waals surface area contributed by atoms with Crippen molar-refractivity contribution in [2.24, 2.45) is 0 Å². The lowest BCUT2D eigenvalue weighted by atomic mass is 10.1. The van der Waals surface area contributed by atoms with Gasteiger partial charge < -0.3 is 44.9 Å². The van der Waals surface area contributed by atoms with Gasteiger partial charge in [-0.25, -0.2) is 14.8 Å². The van der Waals surface area contributed by atoms with Crippen molar-refractivity contribution in [3.63, 3.8) is 0 Å². The van der Waals surface area contributed by atoms with E-state index in [4.69, 9.17) is 14.3 Å². The molecule has 8 rings (SSSR count). The van der Waals surface area contributed by atoms with Crippen LogP contribution < -0.4 is 41.6 Å². The number of methoxy groups -OCH3 is 1. The second kappa shape index (κ2) is 37.5. The highest BCUT2D eigenvalue weighted by Crippen LogP contribution is 2.36. The number of carbonyl (C=O) groups excluding carboxylic acids is 6. The highest BCUT2D eigenvalue weighted by Gasteiger charge is 2.37. The largest absolute Gasteiger partial charge is 0.497 e. The third-order valence-electron chi connectivity index (χ3n) is 16.6. The number of hydrogen-bond acceptors (Lipinski definition) is 21.